The van der Waals surface area contributed by atoms with Crippen molar-refractivity contribution in [3.63, 3.8) is 0 Å². The van der Waals surface area contributed by atoms with Crippen LogP contribution < -0.4 is 5.56 Å². The fourth-order valence-electron chi connectivity index (χ4n) is 2.28. The van der Waals surface area contributed by atoms with Crippen LogP contribution in [0.4, 0.5) is 0 Å². The second-order valence-corrected chi connectivity index (χ2v) is 6.22. The highest BCUT2D eigenvalue weighted by Crippen LogP contribution is 2.17. The summed E-state index contributed by atoms with van der Waals surface area (Å²) < 4.78 is 6.77. The van der Waals surface area contributed by atoms with E-state index in [0.717, 1.165) is 10.6 Å². The van der Waals surface area contributed by atoms with Crippen LogP contribution in [0.2, 0.25) is 0 Å². The summed E-state index contributed by atoms with van der Waals surface area (Å²) in [6.45, 7) is 0.882. The molecule has 0 bridgehead atoms. The fraction of sp³-hybridized carbons (Fsp3) is 0.176. The highest BCUT2D eigenvalue weighted by atomic mass is 32.1. The SMILES string of the molecule is Cn1cc(C(=O)N(Cc2ccco2)Cc2cccs2)ccc1=O. The normalized spacial score (nSPS) is 10.7. The number of pyridine rings is 1. The monoisotopic (exact) mass is 328 g/mol. The van der Waals surface area contributed by atoms with Gasteiger partial charge < -0.3 is 13.9 Å². The number of nitrogens with zero attached hydrogens (tertiary/aromatic N) is 2. The Morgan fingerprint density at radius 2 is 2.09 bits per heavy atom. The van der Waals surface area contributed by atoms with Crippen LogP contribution in [0.5, 0.6) is 0 Å². The van der Waals surface area contributed by atoms with Crippen LogP contribution in [0.1, 0.15) is 21.0 Å². The Kier molecular flexibility index (Phi) is 4.43. The van der Waals surface area contributed by atoms with Gasteiger partial charge in [-0.3, -0.25) is 9.59 Å². The first-order chi connectivity index (χ1) is 11.1. The molecule has 0 unspecified atom stereocenters. The van der Waals surface area contributed by atoms with Gasteiger partial charge in [0.05, 0.1) is 24.9 Å². The Balaban J connectivity index is 1.87. The van der Waals surface area contributed by atoms with Crippen molar-refractivity contribution in [2.75, 3.05) is 0 Å². The van der Waals surface area contributed by atoms with Gasteiger partial charge in [-0.05, 0) is 29.6 Å². The number of furan rings is 1. The number of carbonyl (C=O) groups excluding carboxylic acids is 1. The van der Waals surface area contributed by atoms with E-state index in [1.807, 2.05) is 23.6 Å². The van der Waals surface area contributed by atoms with Crippen LogP contribution in [0.3, 0.4) is 0 Å². The maximum absolute atomic E-state index is 12.8. The molecule has 0 aliphatic carbocycles. The minimum Gasteiger partial charge on any atom is -0.467 e. The molecular formula is C17H16N2O3S. The predicted molar refractivity (Wildman–Crippen MR) is 88.3 cm³/mol. The maximum Gasteiger partial charge on any atom is 0.256 e. The standard InChI is InChI=1S/C17H16N2O3S/c1-18-10-13(6-7-16(18)20)17(21)19(11-14-4-2-8-22-14)12-15-5-3-9-23-15/h2-10H,11-12H2,1H3. The summed E-state index contributed by atoms with van der Waals surface area (Å²) in [5.41, 5.74) is 0.340. The number of hydrogen-bond acceptors (Lipinski definition) is 4. The molecule has 6 heteroatoms. The molecule has 0 atom stereocenters. The van der Waals surface area contributed by atoms with Crippen LogP contribution in [-0.2, 0) is 20.1 Å². The Morgan fingerprint density at radius 3 is 2.74 bits per heavy atom. The minimum atomic E-state index is -0.141. The summed E-state index contributed by atoms with van der Waals surface area (Å²) in [7, 11) is 1.63. The van der Waals surface area contributed by atoms with Crippen molar-refractivity contribution in [1.29, 1.82) is 0 Å². The van der Waals surface area contributed by atoms with Gasteiger partial charge in [0.1, 0.15) is 5.76 Å². The zero-order chi connectivity index (χ0) is 16.2. The molecule has 0 aromatic carbocycles. The summed E-state index contributed by atoms with van der Waals surface area (Å²) in [5, 5.41) is 1.98. The molecule has 0 radical (unpaired) electrons. The first-order valence-electron chi connectivity index (χ1n) is 7.14. The molecule has 3 aromatic rings. The van der Waals surface area contributed by atoms with Crippen molar-refractivity contribution >= 4 is 17.2 Å². The van der Waals surface area contributed by atoms with Gasteiger partial charge in [0.25, 0.3) is 5.91 Å². The average molecular weight is 328 g/mol. The summed E-state index contributed by atoms with van der Waals surface area (Å²) in [4.78, 5) is 27.1. The molecule has 0 saturated carbocycles. The van der Waals surface area contributed by atoms with Gasteiger partial charge in [0.15, 0.2) is 0 Å². The lowest BCUT2D eigenvalue weighted by Gasteiger charge is -2.21. The number of aryl methyl sites for hydroxylation is 1. The quantitative estimate of drug-likeness (QED) is 0.724. The third kappa shape index (κ3) is 3.60. The lowest BCUT2D eigenvalue weighted by molar-refractivity contribution is 0.0718. The number of rotatable bonds is 5. The molecule has 118 valence electrons. The molecule has 3 aromatic heterocycles. The number of amides is 1. The molecule has 0 N–H and O–H groups in total. The molecule has 3 heterocycles. The first-order valence-corrected chi connectivity index (χ1v) is 8.02. The molecule has 23 heavy (non-hydrogen) atoms. The van der Waals surface area contributed by atoms with Crippen LogP contribution in [0.25, 0.3) is 0 Å². The van der Waals surface area contributed by atoms with Crippen molar-refractivity contribution < 1.29 is 9.21 Å². The van der Waals surface area contributed by atoms with Crippen molar-refractivity contribution in [2.24, 2.45) is 7.05 Å². The van der Waals surface area contributed by atoms with Crippen LogP contribution >= 0.6 is 11.3 Å². The maximum atomic E-state index is 12.8. The van der Waals surface area contributed by atoms with Crippen LogP contribution in [-0.4, -0.2) is 15.4 Å². The van der Waals surface area contributed by atoms with Crippen molar-refractivity contribution in [3.8, 4) is 0 Å². The molecule has 0 aliphatic heterocycles. The zero-order valence-corrected chi connectivity index (χ0v) is 13.5. The van der Waals surface area contributed by atoms with Crippen LogP contribution in [0, 0.1) is 0 Å². The molecule has 5 nitrogen and oxygen atoms in total. The molecule has 3 rings (SSSR count). The van der Waals surface area contributed by atoms with Crippen molar-refractivity contribution in [1.82, 2.24) is 9.47 Å². The molecule has 0 saturated heterocycles. The van der Waals surface area contributed by atoms with Gasteiger partial charge >= 0.3 is 0 Å². The van der Waals surface area contributed by atoms with Gasteiger partial charge in [-0.1, -0.05) is 6.07 Å². The smallest absolute Gasteiger partial charge is 0.256 e. The van der Waals surface area contributed by atoms with E-state index in [9.17, 15) is 9.59 Å². The average Bonchev–Trinajstić information content (AvgIpc) is 3.22. The van der Waals surface area contributed by atoms with Gasteiger partial charge in [-0.25, -0.2) is 0 Å². The van der Waals surface area contributed by atoms with Gasteiger partial charge in [0, 0.05) is 24.2 Å². The topological polar surface area (TPSA) is 55.5 Å². The number of aromatic nitrogens is 1. The molecule has 1 amide bonds. The number of carbonyl (C=O) groups is 1. The van der Waals surface area contributed by atoms with E-state index in [1.54, 1.807) is 47.9 Å². The zero-order valence-electron chi connectivity index (χ0n) is 12.6. The summed E-state index contributed by atoms with van der Waals surface area (Å²) >= 11 is 1.60. The third-order valence-corrected chi connectivity index (χ3v) is 4.33. The second-order valence-electron chi connectivity index (χ2n) is 5.19. The largest absolute Gasteiger partial charge is 0.467 e. The third-order valence-electron chi connectivity index (χ3n) is 3.47. The molecule has 0 fully saturated rings. The van der Waals surface area contributed by atoms with E-state index < -0.39 is 0 Å². The Bertz CT molecular complexity index is 799. The van der Waals surface area contributed by atoms with E-state index in [-0.39, 0.29) is 11.5 Å². The van der Waals surface area contributed by atoms with Crippen molar-refractivity contribution in [3.05, 3.63) is 80.8 Å². The molecular weight excluding hydrogens is 312 g/mol. The Hall–Kier alpha value is -2.60. The Morgan fingerprint density at radius 1 is 1.22 bits per heavy atom. The highest BCUT2D eigenvalue weighted by molar-refractivity contribution is 7.09. The minimum absolute atomic E-state index is 0.134. The lowest BCUT2D eigenvalue weighted by Crippen LogP contribution is -2.30. The predicted octanol–water partition coefficient (Wildman–Crippen LogP) is 2.88. The second kappa shape index (κ2) is 6.66. The number of hydrogen-bond donors (Lipinski definition) is 0. The van der Waals surface area contributed by atoms with E-state index in [1.165, 1.54) is 10.6 Å². The highest BCUT2D eigenvalue weighted by Gasteiger charge is 2.18. The van der Waals surface area contributed by atoms with Gasteiger partial charge in [-0.2, -0.15) is 0 Å². The first kappa shape index (κ1) is 15.3. The van der Waals surface area contributed by atoms with Crippen molar-refractivity contribution in [2.45, 2.75) is 13.1 Å². The summed E-state index contributed by atoms with van der Waals surface area (Å²) in [6.07, 6.45) is 3.16. The van der Waals surface area contributed by atoms with Gasteiger partial charge in [-0.15, -0.1) is 11.3 Å². The van der Waals surface area contributed by atoms with E-state index in [2.05, 4.69) is 0 Å². The number of thiophene rings is 1. The van der Waals surface area contributed by atoms with Crippen LogP contribution in [0.15, 0.2) is 63.4 Å². The molecule has 0 aliphatic rings. The van der Waals surface area contributed by atoms with E-state index in [4.69, 9.17) is 4.42 Å². The lowest BCUT2D eigenvalue weighted by atomic mass is 10.2. The molecule has 0 spiro atoms. The van der Waals surface area contributed by atoms with E-state index in [0.29, 0.717) is 18.7 Å². The summed E-state index contributed by atoms with van der Waals surface area (Å²) in [5.74, 6) is 0.588. The van der Waals surface area contributed by atoms with E-state index >= 15 is 0 Å². The summed E-state index contributed by atoms with van der Waals surface area (Å²) in [6, 6.07) is 10.6. The fourth-order valence-corrected chi connectivity index (χ4v) is 3.00. The Labute approximate surface area is 137 Å². The van der Waals surface area contributed by atoms with Gasteiger partial charge in [0.2, 0.25) is 5.56 Å².